The molecule has 4 rings (SSSR count). The highest BCUT2D eigenvalue weighted by Gasteiger charge is 2.40. The second-order valence-electron chi connectivity index (χ2n) is 8.50. The molecule has 0 amide bonds. The molecule has 49 heavy (non-hydrogen) atoms. The lowest BCUT2D eigenvalue weighted by Crippen LogP contribution is -2.11. The molecule has 0 aliphatic heterocycles. The van der Waals surface area contributed by atoms with Crippen LogP contribution in [0.3, 0.4) is 0 Å². The number of alkyl halides is 2. The summed E-state index contributed by atoms with van der Waals surface area (Å²) < 4.78 is 265. The van der Waals surface area contributed by atoms with Crippen LogP contribution >= 0.6 is 58.6 Å². The van der Waals surface area contributed by atoms with Crippen molar-refractivity contribution in [2.24, 2.45) is 0 Å². The molecule has 0 saturated carbocycles. The van der Waals surface area contributed by atoms with E-state index in [0.29, 0.717) is 0 Å². The summed E-state index contributed by atoms with van der Waals surface area (Å²) >= 11 is 0.723. The van der Waals surface area contributed by atoms with E-state index in [-0.39, 0.29) is 0 Å². The summed E-state index contributed by atoms with van der Waals surface area (Å²) in [6.07, 6.45) is 0. The van der Waals surface area contributed by atoms with Crippen LogP contribution in [0.15, 0.2) is 29.4 Å². The Balaban J connectivity index is 1.74. The predicted octanol–water partition coefficient (Wildman–Crippen LogP) is 12.2. The van der Waals surface area contributed by atoms with Gasteiger partial charge >= 0.3 is 0 Å². The zero-order valence-electron chi connectivity index (χ0n) is 21.7. The molecule has 0 aliphatic carbocycles. The molecule has 0 radical (unpaired) electrons. The standard InChI is InChI=1S/C25ClF19S4/c26-25(45,48-23-9(35)5(31)2(28)6(32)10(23)36)49-24-17(43)15(41)22(16(42)18(24)44)47-21-13(39)11(37)20(12(38)14(21)40)46-19-7(33)3(29)1(27)4(30)8(19)34. The number of benzene rings is 4. The van der Waals surface area contributed by atoms with Crippen molar-refractivity contribution in [1.29, 1.82) is 0 Å². The van der Waals surface area contributed by atoms with E-state index in [1.165, 1.54) is 0 Å². The molecule has 0 fully saturated rings. The SMILES string of the molecule is Fc1c(F)c(F)c(Sc2c(F)c(F)c(Sc3c(F)c(F)c(SC(F)(Cl)Sc4c(F)c(F)c(F)c(F)c4F)c(F)c3F)c(F)c2F)c(F)c1F. The van der Waals surface area contributed by atoms with Crippen LogP contribution in [-0.4, -0.2) is 3.79 Å². The molecular weight excluding hydrogens is 825 g/mol. The Kier molecular flexibility index (Phi) is 11.2. The van der Waals surface area contributed by atoms with Crippen LogP contribution in [-0.2, 0) is 0 Å². The normalized spacial score (nSPS) is 13.0. The first kappa shape index (κ1) is 39.0. The highest BCUT2D eigenvalue weighted by molar-refractivity contribution is 8.19. The molecule has 0 N–H and O–H groups in total. The summed E-state index contributed by atoms with van der Waals surface area (Å²) in [7, 11) is 0. The first-order valence-electron chi connectivity index (χ1n) is 11.4. The van der Waals surface area contributed by atoms with Gasteiger partial charge in [-0.1, -0.05) is 58.6 Å². The fourth-order valence-electron chi connectivity index (χ4n) is 3.35. The third-order valence-electron chi connectivity index (χ3n) is 5.55. The number of thioether (sulfide) groups is 2. The second-order valence-corrected chi connectivity index (χ2v) is 14.1. The molecule has 0 spiro atoms. The summed E-state index contributed by atoms with van der Waals surface area (Å²) in [6, 6.07) is 0. The molecule has 0 bridgehead atoms. The minimum Gasteiger partial charge on any atom is -0.202 e. The van der Waals surface area contributed by atoms with Gasteiger partial charge in [0, 0.05) is 0 Å². The quantitative estimate of drug-likeness (QED) is 0.0433. The van der Waals surface area contributed by atoms with Crippen LogP contribution in [0.5, 0.6) is 0 Å². The minimum atomic E-state index is -4.14. The molecule has 0 nitrogen and oxygen atoms in total. The zero-order valence-corrected chi connectivity index (χ0v) is 25.7. The van der Waals surface area contributed by atoms with Crippen LogP contribution in [0.4, 0.5) is 83.4 Å². The zero-order chi connectivity index (χ0) is 37.2. The van der Waals surface area contributed by atoms with Gasteiger partial charge in [0.1, 0.15) is 0 Å². The van der Waals surface area contributed by atoms with Gasteiger partial charge in [-0.25, -0.2) is 83.4 Å². The number of hydrogen-bond acceptors (Lipinski definition) is 4. The average molecular weight is 825 g/mol. The first-order valence-corrected chi connectivity index (χ1v) is 15.1. The van der Waals surface area contributed by atoms with Crippen molar-refractivity contribution in [2.45, 2.75) is 33.2 Å². The third kappa shape index (κ3) is 6.84. The first-order chi connectivity index (χ1) is 22.5. The molecule has 0 aliphatic rings. The number of rotatable bonds is 8. The van der Waals surface area contributed by atoms with Crippen LogP contribution in [0, 0.1) is 105 Å². The summed E-state index contributed by atoms with van der Waals surface area (Å²) in [5.74, 6) is -48.3. The van der Waals surface area contributed by atoms with Crippen molar-refractivity contribution in [3.63, 3.8) is 0 Å². The van der Waals surface area contributed by atoms with Gasteiger partial charge in [0.05, 0.1) is 29.4 Å². The molecule has 0 aromatic heterocycles. The van der Waals surface area contributed by atoms with Gasteiger partial charge < -0.3 is 0 Å². The molecule has 0 saturated heterocycles. The van der Waals surface area contributed by atoms with E-state index in [2.05, 4.69) is 0 Å². The maximum Gasteiger partial charge on any atom is 0.285 e. The number of halogens is 20. The fourth-order valence-corrected chi connectivity index (χ4v) is 7.52. The Labute approximate surface area is 279 Å². The van der Waals surface area contributed by atoms with E-state index in [9.17, 15) is 83.4 Å². The Morgan fingerprint density at radius 2 is 0.408 bits per heavy atom. The van der Waals surface area contributed by atoms with Crippen molar-refractivity contribution in [1.82, 2.24) is 0 Å². The third-order valence-corrected chi connectivity index (χ3v) is 10.4. The second kappa shape index (κ2) is 14.1. The fraction of sp³-hybridized carbons (Fsp3) is 0.0400. The summed E-state index contributed by atoms with van der Waals surface area (Å²) in [6.45, 7) is 0. The molecule has 264 valence electrons. The van der Waals surface area contributed by atoms with Gasteiger partial charge in [0.2, 0.25) is 11.6 Å². The van der Waals surface area contributed by atoms with Crippen molar-refractivity contribution in [2.75, 3.05) is 0 Å². The van der Waals surface area contributed by atoms with Crippen molar-refractivity contribution < 1.29 is 83.4 Å². The van der Waals surface area contributed by atoms with Crippen LogP contribution in [0.1, 0.15) is 0 Å². The Morgan fingerprint density at radius 1 is 0.265 bits per heavy atom. The maximum atomic E-state index is 14.9. The molecule has 1 unspecified atom stereocenters. The molecule has 24 heteroatoms. The van der Waals surface area contributed by atoms with Crippen molar-refractivity contribution in [3.05, 3.63) is 105 Å². The monoisotopic (exact) mass is 824 g/mol. The molecule has 4 aromatic rings. The molecule has 0 heterocycles. The average Bonchev–Trinajstić information content (AvgIpc) is 3.06. The van der Waals surface area contributed by atoms with Crippen molar-refractivity contribution >= 4 is 58.6 Å². The van der Waals surface area contributed by atoms with E-state index in [4.69, 9.17) is 11.6 Å². The van der Waals surface area contributed by atoms with Gasteiger partial charge in [-0.2, -0.15) is 0 Å². The van der Waals surface area contributed by atoms with Gasteiger partial charge in [0.25, 0.3) is 3.79 Å². The highest BCUT2D eigenvalue weighted by Crippen LogP contribution is 2.54. The van der Waals surface area contributed by atoms with Gasteiger partial charge in [-0.15, -0.1) is 0 Å². The lowest BCUT2D eigenvalue weighted by Gasteiger charge is -2.19. The Morgan fingerprint density at radius 3 is 0.633 bits per heavy atom. The van der Waals surface area contributed by atoms with Crippen LogP contribution in [0.25, 0.3) is 0 Å². The van der Waals surface area contributed by atoms with E-state index >= 15 is 0 Å². The summed E-state index contributed by atoms with van der Waals surface area (Å²) in [4.78, 5) is -12.7. The minimum absolute atomic E-state index is 1.07. The summed E-state index contributed by atoms with van der Waals surface area (Å²) in [5.41, 5.74) is 0. The van der Waals surface area contributed by atoms with Gasteiger partial charge in [-0.05, 0) is 0 Å². The summed E-state index contributed by atoms with van der Waals surface area (Å²) in [5, 5.41) is 0. The van der Waals surface area contributed by atoms with Gasteiger partial charge in [0.15, 0.2) is 93.1 Å². The Bertz CT molecular complexity index is 1940. The highest BCUT2D eigenvalue weighted by atomic mass is 35.5. The number of hydrogen-bond donors (Lipinski definition) is 0. The van der Waals surface area contributed by atoms with E-state index in [1.807, 2.05) is 0 Å². The largest absolute Gasteiger partial charge is 0.285 e. The van der Waals surface area contributed by atoms with E-state index in [1.54, 1.807) is 0 Å². The predicted molar refractivity (Wildman–Crippen MR) is 135 cm³/mol. The van der Waals surface area contributed by atoms with Crippen LogP contribution in [0.2, 0.25) is 0 Å². The lowest BCUT2D eigenvalue weighted by molar-refractivity contribution is 0.360. The smallest absolute Gasteiger partial charge is 0.202 e. The molecule has 1 atom stereocenters. The topological polar surface area (TPSA) is 0 Å². The Hall–Kier alpha value is -2.76. The van der Waals surface area contributed by atoms with Gasteiger partial charge in [-0.3, -0.25) is 0 Å². The molecular formula is C25ClF19S4. The maximum absolute atomic E-state index is 14.9. The van der Waals surface area contributed by atoms with Crippen LogP contribution < -0.4 is 0 Å². The van der Waals surface area contributed by atoms with E-state index in [0.717, 1.165) is 0 Å². The lowest BCUT2D eigenvalue weighted by atomic mass is 10.3. The van der Waals surface area contributed by atoms with E-state index < -0.39 is 185 Å². The molecule has 4 aromatic carbocycles. The van der Waals surface area contributed by atoms with Crippen molar-refractivity contribution in [3.8, 4) is 0 Å².